The first-order valence-corrected chi connectivity index (χ1v) is 4.88. The van der Waals surface area contributed by atoms with Crippen LogP contribution < -0.4 is 11.1 Å². The van der Waals surface area contributed by atoms with E-state index in [-0.39, 0.29) is 6.54 Å². The summed E-state index contributed by atoms with van der Waals surface area (Å²) in [6.45, 7) is 1.86. The minimum atomic E-state index is -0.989. The highest BCUT2D eigenvalue weighted by molar-refractivity contribution is 6.33. The van der Waals surface area contributed by atoms with Crippen molar-refractivity contribution in [3.63, 3.8) is 0 Å². The van der Waals surface area contributed by atoms with Gasteiger partial charge in [-0.25, -0.2) is 4.79 Å². The SMILES string of the molecule is Cc1cccc(Cl)c1NC(CN)C(=O)O. The highest BCUT2D eigenvalue weighted by Crippen LogP contribution is 2.25. The lowest BCUT2D eigenvalue weighted by atomic mass is 10.1. The van der Waals surface area contributed by atoms with Crippen molar-refractivity contribution in [2.45, 2.75) is 13.0 Å². The Labute approximate surface area is 93.0 Å². The number of hydrogen-bond donors (Lipinski definition) is 3. The quantitative estimate of drug-likeness (QED) is 0.730. The molecular weight excluding hydrogens is 216 g/mol. The van der Waals surface area contributed by atoms with Crippen LogP contribution in [0.15, 0.2) is 18.2 Å². The Morgan fingerprint density at radius 1 is 1.67 bits per heavy atom. The van der Waals surface area contributed by atoms with Crippen molar-refractivity contribution in [3.05, 3.63) is 28.8 Å². The molecule has 0 saturated heterocycles. The van der Waals surface area contributed by atoms with E-state index < -0.39 is 12.0 Å². The van der Waals surface area contributed by atoms with Gasteiger partial charge in [0.05, 0.1) is 10.7 Å². The van der Waals surface area contributed by atoms with Gasteiger partial charge in [-0.05, 0) is 18.6 Å². The molecule has 4 N–H and O–H groups in total. The van der Waals surface area contributed by atoms with Crippen LogP contribution in [0, 0.1) is 6.92 Å². The molecule has 0 fully saturated rings. The van der Waals surface area contributed by atoms with Crippen molar-refractivity contribution in [3.8, 4) is 0 Å². The number of carboxylic acid groups (broad SMARTS) is 1. The minimum Gasteiger partial charge on any atom is -0.480 e. The Kier molecular flexibility index (Phi) is 3.94. The zero-order chi connectivity index (χ0) is 11.4. The Morgan fingerprint density at radius 2 is 2.33 bits per heavy atom. The lowest BCUT2D eigenvalue weighted by Crippen LogP contribution is -2.36. The van der Waals surface area contributed by atoms with Gasteiger partial charge in [0, 0.05) is 6.54 Å². The summed E-state index contributed by atoms with van der Waals surface area (Å²) in [6.07, 6.45) is 0. The fourth-order valence-electron chi connectivity index (χ4n) is 1.21. The van der Waals surface area contributed by atoms with Gasteiger partial charge >= 0.3 is 5.97 Å². The number of carboxylic acids is 1. The van der Waals surface area contributed by atoms with Gasteiger partial charge in [0.2, 0.25) is 0 Å². The van der Waals surface area contributed by atoms with Gasteiger partial charge in [-0.2, -0.15) is 0 Å². The van der Waals surface area contributed by atoms with Crippen LogP contribution in [0.1, 0.15) is 5.56 Å². The van der Waals surface area contributed by atoms with Crippen LogP contribution in [0.3, 0.4) is 0 Å². The van der Waals surface area contributed by atoms with Crippen molar-refractivity contribution in [1.29, 1.82) is 0 Å². The molecule has 4 nitrogen and oxygen atoms in total. The number of anilines is 1. The molecule has 0 bridgehead atoms. The number of para-hydroxylation sites is 1. The van der Waals surface area contributed by atoms with Crippen LogP contribution in [0.25, 0.3) is 0 Å². The zero-order valence-corrected chi connectivity index (χ0v) is 9.08. The molecule has 0 radical (unpaired) electrons. The van der Waals surface area contributed by atoms with Gasteiger partial charge in [0.1, 0.15) is 6.04 Å². The summed E-state index contributed by atoms with van der Waals surface area (Å²) in [5, 5.41) is 12.1. The van der Waals surface area contributed by atoms with Crippen molar-refractivity contribution in [2.24, 2.45) is 5.73 Å². The second-order valence-electron chi connectivity index (χ2n) is 3.20. The van der Waals surface area contributed by atoms with Gasteiger partial charge in [-0.15, -0.1) is 0 Å². The molecule has 1 aromatic rings. The Bertz CT molecular complexity index is 348. The van der Waals surface area contributed by atoms with Gasteiger partial charge in [-0.3, -0.25) is 0 Å². The molecule has 0 heterocycles. The summed E-state index contributed by atoms with van der Waals surface area (Å²) in [5.74, 6) is -0.989. The summed E-state index contributed by atoms with van der Waals surface area (Å²) in [5.41, 5.74) is 6.85. The van der Waals surface area contributed by atoms with E-state index in [1.54, 1.807) is 12.1 Å². The molecule has 1 aromatic carbocycles. The highest BCUT2D eigenvalue weighted by Gasteiger charge is 2.16. The molecular formula is C10H13ClN2O2. The molecule has 1 unspecified atom stereocenters. The number of nitrogens with two attached hydrogens (primary N) is 1. The average Bonchev–Trinajstić information content (AvgIpc) is 2.17. The summed E-state index contributed by atoms with van der Waals surface area (Å²) in [4.78, 5) is 10.8. The van der Waals surface area contributed by atoms with Crippen molar-refractivity contribution in [1.82, 2.24) is 0 Å². The van der Waals surface area contributed by atoms with E-state index in [2.05, 4.69) is 5.32 Å². The second-order valence-corrected chi connectivity index (χ2v) is 3.61. The van der Waals surface area contributed by atoms with Gasteiger partial charge in [0.15, 0.2) is 0 Å². The third kappa shape index (κ3) is 2.84. The van der Waals surface area contributed by atoms with Gasteiger partial charge < -0.3 is 16.2 Å². The molecule has 1 atom stereocenters. The highest BCUT2D eigenvalue weighted by atomic mass is 35.5. The smallest absolute Gasteiger partial charge is 0.327 e. The summed E-state index contributed by atoms with van der Waals surface area (Å²) >= 11 is 5.94. The maximum atomic E-state index is 10.8. The predicted octanol–water partition coefficient (Wildman–Crippen LogP) is 1.47. The standard InChI is InChI=1S/C10H13ClN2O2/c1-6-3-2-4-7(11)9(6)13-8(5-12)10(14)15/h2-4,8,13H,5,12H2,1H3,(H,14,15). The molecule has 0 aromatic heterocycles. The summed E-state index contributed by atoms with van der Waals surface area (Å²) < 4.78 is 0. The van der Waals surface area contributed by atoms with E-state index in [0.717, 1.165) is 5.56 Å². The van der Waals surface area contributed by atoms with Gasteiger partial charge in [0.25, 0.3) is 0 Å². The molecule has 0 aliphatic rings. The summed E-state index contributed by atoms with van der Waals surface area (Å²) in [7, 11) is 0. The normalized spacial score (nSPS) is 12.2. The second kappa shape index (κ2) is 5.00. The fraction of sp³-hybridized carbons (Fsp3) is 0.300. The maximum absolute atomic E-state index is 10.8. The van der Waals surface area contributed by atoms with E-state index in [1.807, 2.05) is 13.0 Å². The molecule has 0 aliphatic carbocycles. The van der Waals surface area contributed by atoms with Crippen LogP contribution in [0.2, 0.25) is 5.02 Å². The fourth-order valence-corrected chi connectivity index (χ4v) is 1.49. The molecule has 0 saturated carbocycles. The topological polar surface area (TPSA) is 75.3 Å². The van der Waals surface area contributed by atoms with Crippen LogP contribution in [-0.4, -0.2) is 23.7 Å². The number of halogens is 1. The molecule has 82 valence electrons. The Balaban J connectivity index is 2.92. The lowest BCUT2D eigenvalue weighted by molar-refractivity contribution is -0.137. The first-order chi connectivity index (χ1) is 7.06. The third-order valence-electron chi connectivity index (χ3n) is 2.07. The number of aryl methyl sites for hydroxylation is 1. The first kappa shape index (κ1) is 11.8. The maximum Gasteiger partial charge on any atom is 0.327 e. The van der Waals surface area contributed by atoms with Crippen molar-refractivity contribution in [2.75, 3.05) is 11.9 Å². The number of benzene rings is 1. The Hall–Kier alpha value is -1.26. The monoisotopic (exact) mass is 228 g/mol. The van der Waals surface area contributed by atoms with Gasteiger partial charge in [-0.1, -0.05) is 23.7 Å². The van der Waals surface area contributed by atoms with Crippen LogP contribution in [0.4, 0.5) is 5.69 Å². The number of hydrogen-bond acceptors (Lipinski definition) is 3. The predicted molar refractivity (Wildman–Crippen MR) is 60.3 cm³/mol. The number of aliphatic carboxylic acids is 1. The number of nitrogens with one attached hydrogen (secondary N) is 1. The lowest BCUT2D eigenvalue weighted by Gasteiger charge is -2.16. The molecule has 15 heavy (non-hydrogen) atoms. The van der Waals surface area contributed by atoms with E-state index in [1.165, 1.54) is 0 Å². The average molecular weight is 229 g/mol. The molecule has 0 amide bonds. The van der Waals surface area contributed by atoms with Crippen LogP contribution in [-0.2, 0) is 4.79 Å². The van der Waals surface area contributed by atoms with E-state index in [4.69, 9.17) is 22.4 Å². The molecule has 1 rings (SSSR count). The van der Waals surface area contributed by atoms with E-state index in [0.29, 0.717) is 10.7 Å². The third-order valence-corrected chi connectivity index (χ3v) is 2.39. The van der Waals surface area contributed by atoms with E-state index >= 15 is 0 Å². The summed E-state index contributed by atoms with van der Waals surface area (Å²) in [6, 6.07) is 4.54. The largest absolute Gasteiger partial charge is 0.480 e. The minimum absolute atomic E-state index is 0.0139. The van der Waals surface area contributed by atoms with E-state index in [9.17, 15) is 4.79 Å². The van der Waals surface area contributed by atoms with Crippen LogP contribution in [0.5, 0.6) is 0 Å². The van der Waals surface area contributed by atoms with Crippen LogP contribution >= 0.6 is 11.6 Å². The molecule has 0 spiro atoms. The first-order valence-electron chi connectivity index (χ1n) is 4.50. The number of carbonyl (C=O) groups is 1. The zero-order valence-electron chi connectivity index (χ0n) is 8.33. The van der Waals surface area contributed by atoms with Crippen molar-refractivity contribution >= 4 is 23.3 Å². The Morgan fingerprint density at radius 3 is 2.80 bits per heavy atom. The number of rotatable bonds is 4. The van der Waals surface area contributed by atoms with Crippen molar-refractivity contribution < 1.29 is 9.90 Å². The molecule has 5 heteroatoms. The molecule has 0 aliphatic heterocycles.